The van der Waals surface area contributed by atoms with Gasteiger partial charge >= 0.3 is 6.03 Å². The molecule has 0 spiro atoms. The summed E-state index contributed by atoms with van der Waals surface area (Å²) in [5.41, 5.74) is 1.64. The lowest BCUT2D eigenvalue weighted by Gasteiger charge is -2.25. The fourth-order valence-electron chi connectivity index (χ4n) is 2.96. The molecule has 0 radical (unpaired) electrons. The number of amides is 2. The lowest BCUT2D eigenvalue weighted by atomic mass is 10.0. The highest BCUT2D eigenvalue weighted by molar-refractivity contribution is 9.10. The van der Waals surface area contributed by atoms with E-state index in [1.54, 1.807) is 13.2 Å². The second-order valence-corrected chi connectivity index (χ2v) is 6.53. The summed E-state index contributed by atoms with van der Waals surface area (Å²) in [6.07, 6.45) is 1.87. The smallest absolute Gasteiger partial charge is 0.322 e. The maximum Gasteiger partial charge on any atom is 0.322 e. The maximum atomic E-state index is 13.2. The molecule has 2 aromatic rings. The molecule has 126 valence electrons. The zero-order valence-corrected chi connectivity index (χ0v) is 14.8. The molecule has 3 rings (SSSR count). The van der Waals surface area contributed by atoms with Crippen LogP contribution in [0.4, 0.5) is 14.9 Å². The van der Waals surface area contributed by atoms with E-state index in [9.17, 15) is 9.18 Å². The van der Waals surface area contributed by atoms with E-state index in [4.69, 9.17) is 4.74 Å². The number of carbonyl (C=O) groups excluding carboxylic acids is 1. The Balaban J connectivity index is 1.75. The van der Waals surface area contributed by atoms with Crippen molar-refractivity contribution in [2.45, 2.75) is 18.9 Å². The number of hydrogen-bond donors (Lipinski definition) is 1. The van der Waals surface area contributed by atoms with Crippen LogP contribution in [0.15, 0.2) is 46.9 Å². The molecule has 1 saturated heterocycles. The van der Waals surface area contributed by atoms with Gasteiger partial charge in [-0.05, 0) is 64.7 Å². The zero-order chi connectivity index (χ0) is 17.1. The summed E-state index contributed by atoms with van der Waals surface area (Å²) >= 11 is 3.27. The summed E-state index contributed by atoms with van der Waals surface area (Å²) in [6, 6.07) is 11.9. The van der Waals surface area contributed by atoms with Crippen LogP contribution in [0, 0.1) is 5.82 Å². The predicted molar refractivity (Wildman–Crippen MR) is 94.8 cm³/mol. The number of rotatable bonds is 3. The average molecular weight is 393 g/mol. The van der Waals surface area contributed by atoms with Gasteiger partial charge in [0.15, 0.2) is 0 Å². The Labute approximate surface area is 148 Å². The summed E-state index contributed by atoms with van der Waals surface area (Å²) in [6.45, 7) is 0.696. The molecule has 1 N–H and O–H groups in total. The van der Waals surface area contributed by atoms with E-state index in [-0.39, 0.29) is 17.9 Å². The van der Waals surface area contributed by atoms with Gasteiger partial charge in [0.25, 0.3) is 0 Å². The first kappa shape index (κ1) is 16.8. The summed E-state index contributed by atoms with van der Waals surface area (Å²) in [4.78, 5) is 14.5. The topological polar surface area (TPSA) is 41.6 Å². The van der Waals surface area contributed by atoms with Gasteiger partial charge in [0.1, 0.15) is 11.6 Å². The van der Waals surface area contributed by atoms with Gasteiger partial charge in [0.05, 0.1) is 18.8 Å². The van der Waals surface area contributed by atoms with Crippen molar-refractivity contribution < 1.29 is 13.9 Å². The number of methoxy groups -OCH3 is 1. The third kappa shape index (κ3) is 3.53. The zero-order valence-electron chi connectivity index (χ0n) is 13.3. The van der Waals surface area contributed by atoms with Gasteiger partial charge in [-0.2, -0.15) is 0 Å². The molecule has 1 aliphatic heterocycles. The highest BCUT2D eigenvalue weighted by Gasteiger charge is 2.30. The summed E-state index contributed by atoms with van der Waals surface area (Å²) in [7, 11) is 1.63. The third-order valence-electron chi connectivity index (χ3n) is 4.19. The second kappa shape index (κ2) is 7.21. The number of carbonyl (C=O) groups is 1. The standard InChI is InChI=1S/C18H18BrFN2O2/c1-24-14-7-4-12(5-8-14)17-3-2-10-22(17)18(23)21-16-9-6-13(20)11-15(16)19/h4-9,11,17H,2-3,10H2,1H3,(H,21,23)/t17-/m1/s1. The Morgan fingerprint density at radius 2 is 2.04 bits per heavy atom. The first-order valence-corrected chi connectivity index (χ1v) is 8.54. The van der Waals surface area contributed by atoms with Crippen molar-refractivity contribution in [3.8, 4) is 5.75 Å². The van der Waals surface area contributed by atoms with Crippen LogP contribution >= 0.6 is 15.9 Å². The molecule has 1 aliphatic rings. The van der Waals surface area contributed by atoms with E-state index in [2.05, 4.69) is 21.2 Å². The molecule has 0 bridgehead atoms. The molecule has 1 atom stereocenters. The molecule has 1 heterocycles. The van der Waals surface area contributed by atoms with E-state index in [1.165, 1.54) is 12.1 Å². The fourth-order valence-corrected chi connectivity index (χ4v) is 3.41. The van der Waals surface area contributed by atoms with Crippen LogP contribution < -0.4 is 10.1 Å². The molecule has 0 aromatic heterocycles. The van der Waals surface area contributed by atoms with Crippen molar-refractivity contribution in [1.82, 2.24) is 4.90 Å². The molecule has 0 saturated carbocycles. The van der Waals surface area contributed by atoms with Gasteiger partial charge in [0.2, 0.25) is 0 Å². The van der Waals surface area contributed by atoms with Gasteiger partial charge in [-0.25, -0.2) is 9.18 Å². The van der Waals surface area contributed by atoms with E-state index in [1.807, 2.05) is 29.2 Å². The van der Waals surface area contributed by atoms with E-state index < -0.39 is 0 Å². The molecular weight excluding hydrogens is 375 g/mol. The van der Waals surface area contributed by atoms with Crippen LogP contribution in [0.3, 0.4) is 0 Å². The number of urea groups is 1. The molecule has 24 heavy (non-hydrogen) atoms. The number of halogens is 2. The number of likely N-dealkylation sites (tertiary alicyclic amines) is 1. The van der Waals surface area contributed by atoms with Crippen LogP contribution in [0.1, 0.15) is 24.4 Å². The Morgan fingerprint density at radius 1 is 1.29 bits per heavy atom. The van der Waals surface area contributed by atoms with Gasteiger partial charge in [-0.15, -0.1) is 0 Å². The van der Waals surface area contributed by atoms with Crippen molar-refractivity contribution in [1.29, 1.82) is 0 Å². The fraction of sp³-hybridized carbons (Fsp3) is 0.278. The monoisotopic (exact) mass is 392 g/mol. The molecule has 6 heteroatoms. The van der Waals surface area contributed by atoms with Crippen molar-refractivity contribution in [2.75, 3.05) is 19.0 Å². The third-order valence-corrected chi connectivity index (χ3v) is 4.84. The lowest BCUT2D eigenvalue weighted by molar-refractivity contribution is 0.207. The molecule has 2 amide bonds. The van der Waals surface area contributed by atoms with Crippen molar-refractivity contribution in [2.24, 2.45) is 0 Å². The average Bonchev–Trinajstić information content (AvgIpc) is 3.07. The highest BCUT2D eigenvalue weighted by atomic mass is 79.9. The van der Waals surface area contributed by atoms with Gasteiger partial charge in [-0.1, -0.05) is 12.1 Å². The SMILES string of the molecule is COc1ccc([C@H]2CCCN2C(=O)Nc2ccc(F)cc2Br)cc1. The molecular formula is C18H18BrFN2O2. The van der Waals surface area contributed by atoms with Crippen molar-refractivity contribution in [3.05, 3.63) is 58.3 Å². The highest BCUT2D eigenvalue weighted by Crippen LogP contribution is 2.33. The van der Waals surface area contributed by atoms with Crippen LogP contribution in [-0.4, -0.2) is 24.6 Å². The van der Waals surface area contributed by atoms with Gasteiger partial charge in [-0.3, -0.25) is 0 Å². The van der Waals surface area contributed by atoms with Gasteiger partial charge in [0, 0.05) is 11.0 Å². The first-order chi connectivity index (χ1) is 11.6. The van der Waals surface area contributed by atoms with Crippen molar-refractivity contribution in [3.63, 3.8) is 0 Å². The van der Waals surface area contributed by atoms with E-state index in [0.29, 0.717) is 16.7 Å². The summed E-state index contributed by atoms with van der Waals surface area (Å²) in [5.74, 6) is 0.445. The predicted octanol–water partition coefficient (Wildman–Crippen LogP) is 4.97. The minimum absolute atomic E-state index is 0.0372. The van der Waals surface area contributed by atoms with Crippen molar-refractivity contribution >= 4 is 27.6 Å². The number of hydrogen-bond acceptors (Lipinski definition) is 2. The Hall–Kier alpha value is -2.08. The Morgan fingerprint density at radius 3 is 2.71 bits per heavy atom. The lowest BCUT2D eigenvalue weighted by Crippen LogP contribution is -2.34. The number of nitrogens with zero attached hydrogens (tertiary/aromatic N) is 1. The van der Waals surface area contributed by atoms with Crippen LogP contribution in [-0.2, 0) is 0 Å². The maximum absolute atomic E-state index is 13.2. The Bertz CT molecular complexity index is 736. The molecule has 0 aliphatic carbocycles. The van der Waals surface area contributed by atoms with Gasteiger partial charge < -0.3 is 15.0 Å². The minimum Gasteiger partial charge on any atom is -0.497 e. The van der Waals surface area contributed by atoms with E-state index in [0.717, 1.165) is 24.2 Å². The van der Waals surface area contributed by atoms with Crippen LogP contribution in [0.5, 0.6) is 5.75 Å². The molecule has 0 unspecified atom stereocenters. The Kier molecular flexibility index (Phi) is 5.04. The number of ether oxygens (including phenoxy) is 1. The minimum atomic E-state index is -0.350. The number of anilines is 1. The normalized spacial score (nSPS) is 17.0. The largest absolute Gasteiger partial charge is 0.497 e. The van der Waals surface area contributed by atoms with E-state index >= 15 is 0 Å². The first-order valence-electron chi connectivity index (χ1n) is 7.75. The number of nitrogens with one attached hydrogen (secondary N) is 1. The van der Waals surface area contributed by atoms with Crippen LogP contribution in [0.2, 0.25) is 0 Å². The molecule has 2 aromatic carbocycles. The molecule has 1 fully saturated rings. The number of benzene rings is 2. The quantitative estimate of drug-likeness (QED) is 0.801. The summed E-state index contributed by atoms with van der Waals surface area (Å²) < 4.78 is 18.9. The second-order valence-electron chi connectivity index (χ2n) is 5.68. The summed E-state index contributed by atoms with van der Waals surface area (Å²) in [5, 5.41) is 2.85. The molecule has 4 nitrogen and oxygen atoms in total. The van der Waals surface area contributed by atoms with Crippen LogP contribution in [0.25, 0.3) is 0 Å².